The fourth-order valence-electron chi connectivity index (χ4n) is 2.49. The molecule has 1 aliphatic heterocycles. The summed E-state index contributed by atoms with van der Waals surface area (Å²) in [5.41, 5.74) is 1.83. The lowest BCUT2D eigenvalue weighted by Crippen LogP contribution is -2.14. The summed E-state index contributed by atoms with van der Waals surface area (Å²) in [6.45, 7) is 3.30. The van der Waals surface area contributed by atoms with Gasteiger partial charge in [-0.2, -0.15) is 10.4 Å². The van der Waals surface area contributed by atoms with Gasteiger partial charge in [0.05, 0.1) is 24.4 Å². The number of hydrogen-bond acceptors (Lipinski definition) is 4. The largest absolute Gasteiger partial charge is 0.381 e. The van der Waals surface area contributed by atoms with Crippen LogP contribution in [0.2, 0.25) is 0 Å². The molecule has 5 nitrogen and oxygen atoms in total. The summed E-state index contributed by atoms with van der Waals surface area (Å²) in [5, 5.41) is 16.6. The van der Waals surface area contributed by atoms with E-state index in [0.29, 0.717) is 11.5 Å². The van der Waals surface area contributed by atoms with Gasteiger partial charge in [-0.3, -0.25) is 0 Å². The molecule has 1 atom stereocenters. The minimum atomic E-state index is 0.556. The van der Waals surface area contributed by atoms with Crippen molar-refractivity contribution in [1.82, 2.24) is 9.78 Å². The van der Waals surface area contributed by atoms with Gasteiger partial charge in [-0.15, -0.1) is 0 Å². The zero-order valence-corrected chi connectivity index (χ0v) is 11.8. The highest BCUT2D eigenvalue weighted by atomic mass is 16.5. The first-order valence-electron chi connectivity index (χ1n) is 7.17. The lowest BCUT2D eigenvalue weighted by Gasteiger charge is -2.13. The molecule has 2 aromatic rings. The summed E-state index contributed by atoms with van der Waals surface area (Å²) in [5.74, 6) is 1.58. The third-order valence-electron chi connectivity index (χ3n) is 3.73. The Morgan fingerprint density at radius 3 is 2.90 bits per heavy atom. The zero-order valence-electron chi connectivity index (χ0n) is 11.8. The van der Waals surface area contributed by atoms with Crippen LogP contribution in [0.5, 0.6) is 0 Å². The highest BCUT2D eigenvalue weighted by Crippen LogP contribution is 2.17. The molecule has 1 N–H and O–H groups in total. The molecule has 1 aliphatic rings. The fraction of sp³-hybridized carbons (Fsp3) is 0.375. The van der Waals surface area contributed by atoms with E-state index in [1.807, 2.05) is 41.2 Å². The summed E-state index contributed by atoms with van der Waals surface area (Å²) in [4.78, 5) is 0. The van der Waals surface area contributed by atoms with E-state index in [4.69, 9.17) is 10.00 Å². The van der Waals surface area contributed by atoms with E-state index in [2.05, 4.69) is 16.5 Å². The molecule has 2 heterocycles. The summed E-state index contributed by atoms with van der Waals surface area (Å²) in [7, 11) is 0. The first-order chi connectivity index (χ1) is 10.3. The SMILES string of the molecule is N#Cc1ccc(CNc2ccnn2CC2CCOC2)cc1. The van der Waals surface area contributed by atoms with Crippen molar-refractivity contribution >= 4 is 5.82 Å². The standard InChI is InChI=1S/C16H18N4O/c17-9-13-1-3-14(4-2-13)10-18-16-5-7-19-20(16)11-15-6-8-21-12-15/h1-5,7,15,18H,6,8,10-12H2. The van der Waals surface area contributed by atoms with Gasteiger partial charge in [0.15, 0.2) is 0 Å². The van der Waals surface area contributed by atoms with Crippen LogP contribution in [0.1, 0.15) is 17.5 Å². The van der Waals surface area contributed by atoms with E-state index in [1.54, 1.807) is 0 Å². The van der Waals surface area contributed by atoms with Crippen molar-refractivity contribution in [3.05, 3.63) is 47.7 Å². The van der Waals surface area contributed by atoms with Crippen molar-refractivity contribution in [1.29, 1.82) is 5.26 Å². The molecule has 0 bridgehead atoms. The number of hydrogen-bond donors (Lipinski definition) is 1. The molecule has 1 saturated heterocycles. The Bertz CT molecular complexity index is 620. The molecule has 0 aliphatic carbocycles. The number of anilines is 1. The molecular formula is C16H18N4O. The maximum Gasteiger partial charge on any atom is 0.124 e. The van der Waals surface area contributed by atoms with E-state index >= 15 is 0 Å². The van der Waals surface area contributed by atoms with Crippen LogP contribution in [0.3, 0.4) is 0 Å². The van der Waals surface area contributed by atoms with Crippen LogP contribution < -0.4 is 5.32 Å². The van der Waals surface area contributed by atoms with E-state index < -0.39 is 0 Å². The van der Waals surface area contributed by atoms with Crippen LogP contribution >= 0.6 is 0 Å². The number of nitrogens with one attached hydrogen (secondary N) is 1. The summed E-state index contributed by atoms with van der Waals surface area (Å²) in [6, 6.07) is 11.7. The van der Waals surface area contributed by atoms with Gasteiger partial charge >= 0.3 is 0 Å². The first kappa shape index (κ1) is 13.7. The van der Waals surface area contributed by atoms with Crippen LogP contribution in [0.4, 0.5) is 5.82 Å². The molecule has 0 spiro atoms. The molecule has 3 rings (SSSR count). The first-order valence-corrected chi connectivity index (χ1v) is 7.17. The van der Waals surface area contributed by atoms with Crippen LogP contribution in [0.15, 0.2) is 36.5 Å². The zero-order chi connectivity index (χ0) is 14.5. The van der Waals surface area contributed by atoms with E-state index in [9.17, 15) is 0 Å². The van der Waals surface area contributed by atoms with Gasteiger partial charge in [0.25, 0.3) is 0 Å². The molecule has 21 heavy (non-hydrogen) atoms. The maximum atomic E-state index is 8.79. The molecule has 5 heteroatoms. The van der Waals surface area contributed by atoms with Crippen molar-refractivity contribution in [2.45, 2.75) is 19.5 Å². The van der Waals surface area contributed by atoms with Gasteiger partial charge in [0.1, 0.15) is 5.82 Å². The molecule has 0 radical (unpaired) electrons. The molecule has 1 aromatic carbocycles. The predicted molar refractivity (Wildman–Crippen MR) is 79.6 cm³/mol. The molecule has 108 valence electrons. The molecule has 1 unspecified atom stereocenters. The number of rotatable bonds is 5. The van der Waals surface area contributed by atoms with Crippen molar-refractivity contribution in [2.24, 2.45) is 5.92 Å². The lowest BCUT2D eigenvalue weighted by atomic mass is 10.1. The second kappa shape index (κ2) is 6.42. The Labute approximate surface area is 124 Å². The summed E-state index contributed by atoms with van der Waals surface area (Å²) in [6.07, 6.45) is 2.92. The van der Waals surface area contributed by atoms with Gasteiger partial charge in [0, 0.05) is 31.7 Å². The predicted octanol–water partition coefficient (Wildman–Crippen LogP) is 2.40. The Morgan fingerprint density at radius 2 is 2.19 bits per heavy atom. The Balaban J connectivity index is 1.59. The second-order valence-electron chi connectivity index (χ2n) is 5.29. The molecule has 0 amide bonds. The number of nitriles is 1. The van der Waals surface area contributed by atoms with Crippen LogP contribution in [-0.4, -0.2) is 23.0 Å². The topological polar surface area (TPSA) is 62.9 Å². The van der Waals surface area contributed by atoms with Crippen LogP contribution in [-0.2, 0) is 17.8 Å². The van der Waals surface area contributed by atoms with Gasteiger partial charge in [-0.1, -0.05) is 12.1 Å². The van der Waals surface area contributed by atoms with Crippen LogP contribution in [0, 0.1) is 17.2 Å². The number of ether oxygens (including phenoxy) is 1. The van der Waals surface area contributed by atoms with E-state index in [0.717, 1.165) is 44.1 Å². The van der Waals surface area contributed by atoms with E-state index in [-0.39, 0.29) is 0 Å². The van der Waals surface area contributed by atoms with Gasteiger partial charge in [-0.05, 0) is 24.1 Å². The second-order valence-corrected chi connectivity index (χ2v) is 5.29. The molecular weight excluding hydrogens is 264 g/mol. The van der Waals surface area contributed by atoms with E-state index in [1.165, 1.54) is 0 Å². The van der Waals surface area contributed by atoms with Gasteiger partial charge in [-0.25, -0.2) is 4.68 Å². The monoisotopic (exact) mass is 282 g/mol. The fourth-order valence-corrected chi connectivity index (χ4v) is 2.49. The maximum absolute atomic E-state index is 8.79. The molecule has 1 fully saturated rings. The van der Waals surface area contributed by atoms with Crippen molar-refractivity contribution in [2.75, 3.05) is 18.5 Å². The lowest BCUT2D eigenvalue weighted by molar-refractivity contribution is 0.181. The average Bonchev–Trinajstić information content (AvgIpc) is 3.18. The Kier molecular flexibility index (Phi) is 4.17. The minimum Gasteiger partial charge on any atom is -0.381 e. The van der Waals surface area contributed by atoms with Crippen LogP contribution in [0.25, 0.3) is 0 Å². The number of aromatic nitrogens is 2. The van der Waals surface area contributed by atoms with Crippen molar-refractivity contribution in [3.8, 4) is 6.07 Å². The highest BCUT2D eigenvalue weighted by molar-refractivity contribution is 5.37. The molecule has 0 saturated carbocycles. The highest BCUT2D eigenvalue weighted by Gasteiger charge is 2.17. The van der Waals surface area contributed by atoms with Gasteiger partial charge < -0.3 is 10.1 Å². The Morgan fingerprint density at radius 1 is 1.33 bits per heavy atom. The summed E-state index contributed by atoms with van der Waals surface area (Å²) >= 11 is 0. The summed E-state index contributed by atoms with van der Waals surface area (Å²) < 4.78 is 7.41. The normalized spacial score (nSPS) is 17.6. The van der Waals surface area contributed by atoms with Crippen molar-refractivity contribution < 1.29 is 4.74 Å². The minimum absolute atomic E-state index is 0.556. The Hall–Kier alpha value is -2.32. The van der Waals surface area contributed by atoms with Gasteiger partial charge in [0.2, 0.25) is 0 Å². The third kappa shape index (κ3) is 3.41. The van der Waals surface area contributed by atoms with Crippen molar-refractivity contribution in [3.63, 3.8) is 0 Å². The average molecular weight is 282 g/mol. The number of nitrogens with zero attached hydrogens (tertiary/aromatic N) is 3. The molecule has 1 aromatic heterocycles. The number of benzene rings is 1. The smallest absolute Gasteiger partial charge is 0.124 e. The third-order valence-corrected chi connectivity index (χ3v) is 3.73. The quantitative estimate of drug-likeness (QED) is 0.914.